The van der Waals surface area contributed by atoms with Gasteiger partial charge < -0.3 is 9.64 Å². The fourth-order valence-electron chi connectivity index (χ4n) is 1.03. The number of ether oxygens (including phenoxy) is 1. The lowest BCUT2D eigenvalue weighted by Crippen LogP contribution is -2.40. The number of halogens is 1. The second kappa shape index (κ2) is 6.98. The van der Waals surface area contributed by atoms with Crippen LogP contribution >= 0.6 is 11.6 Å². The minimum atomic E-state index is -0.521. The molecule has 112 valence electrons. The summed E-state index contributed by atoms with van der Waals surface area (Å²) < 4.78 is 5.27. The van der Waals surface area contributed by atoms with Crippen molar-refractivity contribution < 1.29 is 9.53 Å². The summed E-state index contributed by atoms with van der Waals surface area (Å²) in [5.74, 6) is 0. The Kier molecular flexibility index (Phi) is 6.63. The normalized spacial score (nSPS) is 14.3. The Bertz CT molecular complexity index is 337. The van der Waals surface area contributed by atoms with Crippen molar-refractivity contribution in [3.05, 3.63) is 0 Å². The minimum absolute atomic E-state index is 0.246. The molecule has 1 amide bonds. The van der Waals surface area contributed by atoms with Gasteiger partial charge in [0.2, 0.25) is 0 Å². The number of nitrogens with zero attached hydrogens (tertiary/aromatic N) is 3. The molecule has 19 heavy (non-hydrogen) atoms. The number of aliphatic imine (C=N–C) groups is 1. The molecule has 0 aliphatic heterocycles. The molecule has 0 saturated heterocycles. The summed E-state index contributed by atoms with van der Waals surface area (Å²) in [4.78, 5) is 19.4. The standard InChI is InChI=1S/C13H26ClN3O2/c1-9(2)16(7)11(14)15-10(3)17(8)12(18)19-13(4,5)6/h9-10H,1-8H3/b15-11-. The van der Waals surface area contributed by atoms with Gasteiger partial charge in [-0.1, -0.05) is 0 Å². The lowest BCUT2D eigenvalue weighted by atomic mass is 10.2. The molecule has 1 unspecified atom stereocenters. The molecule has 1 atom stereocenters. The van der Waals surface area contributed by atoms with E-state index in [-0.39, 0.29) is 12.2 Å². The summed E-state index contributed by atoms with van der Waals surface area (Å²) in [6.45, 7) is 11.3. The highest BCUT2D eigenvalue weighted by atomic mass is 35.5. The van der Waals surface area contributed by atoms with Crippen LogP contribution in [0.5, 0.6) is 0 Å². The average molecular weight is 292 g/mol. The average Bonchev–Trinajstić information content (AvgIpc) is 2.23. The SMILES string of the molecule is CC(/N=C(/Cl)N(C)C(C)C)N(C)C(=O)OC(C)(C)C. The molecule has 0 spiro atoms. The maximum Gasteiger partial charge on any atom is 0.411 e. The quantitative estimate of drug-likeness (QED) is 0.456. The zero-order valence-corrected chi connectivity index (χ0v) is 13.9. The van der Waals surface area contributed by atoms with Gasteiger partial charge in [-0.3, -0.25) is 4.90 Å². The first-order valence-electron chi connectivity index (χ1n) is 6.37. The van der Waals surface area contributed by atoms with Crippen LogP contribution in [0.1, 0.15) is 41.5 Å². The van der Waals surface area contributed by atoms with Crippen molar-refractivity contribution >= 4 is 23.0 Å². The van der Waals surface area contributed by atoms with E-state index in [1.165, 1.54) is 4.90 Å². The molecule has 5 nitrogen and oxygen atoms in total. The third kappa shape index (κ3) is 6.66. The fourth-order valence-corrected chi connectivity index (χ4v) is 1.37. The fraction of sp³-hybridized carbons (Fsp3) is 0.846. The first kappa shape index (κ1) is 18.0. The minimum Gasteiger partial charge on any atom is -0.444 e. The first-order valence-corrected chi connectivity index (χ1v) is 6.75. The summed E-state index contributed by atoms with van der Waals surface area (Å²) in [6.07, 6.45) is -0.802. The molecular weight excluding hydrogens is 266 g/mol. The van der Waals surface area contributed by atoms with Crippen molar-refractivity contribution in [2.24, 2.45) is 4.99 Å². The second-order valence-electron chi connectivity index (χ2n) is 5.83. The third-order valence-corrected chi connectivity index (χ3v) is 2.97. The number of amides is 1. The van der Waals surface area contributed by atoms with Gasteiger partial charge in [-0.15, -0.1) is 0 Å². The largest absolute Gasteiger partial charge is 0.444 e. The Morgan fingerprint density at radius 1 is 1.16 bits per heavy atom. The molecule has 0 aromatic carbocycles. The molecule has 6 heteroatoms. The molecule has 0 saturated carbocycles. The molecule has 0 aromatic rings. The highest BCUT2D eigenvalue weighted by molar-refractivity contribution is 6.64. The smallest absolute Gasteiger partial charge is 0.411 e. The summed E-state index contributed by atoms with van der Waals surface area (Å²) in [5, 5.41) is 0.373. The summed E-state index contributed by atoms with van der Waals surface area (Å²) in [5.41, 5.74) is -0.521. The van der Waals surface area contributed by atoms with Gasteiger partial charge in [-0.2, -0.15) is 0 Å². The number of carbonyl (C=O) groups excluding carboxylic acids is 1. The van der Waals surface area contributed by atoms with Crippen molar-refractivity contribution in [2.45, 2.75) is 59.4 Å². The van der Waals surface area contributed by atoms with Crippen LogP contribution in [0.2, 0.25) is 0 Å². The Morgan fingerprint density at radius 2 is 1.63 bits per heavy atom. The number of hydrogen-bond donors (Lipinski definition) is 0. The number of carbonyl (C=O) groups is 1. The Hall–Kier alpha value is -0.970. The van der Waals surface area contributed by atoms with Gasteiger partial charge in [0.1, 0.15) is 11.8 Å². The summed E-state index contributed by atoms with van der Waals surface area (Å²) in [7, 11) is 3.50. The van der Waals surface area contributed by atoms with Gasteiger partial charge in [0.05, 0.1) is 0 Å². The molecule has 0 bridgehead atoms. The van der Waals surface area contributed by atoms with Crippen molar-refractivity contribution in [2.75, 3.05) is 14.1 Å². The van der Waals surface area contributed by atoms with E-state index in [2.05, 4.69) is 4.99 Å². The van der Waals surface area contributed by atoms with E-state index in [0.717, 1.165) is 0 Å². The highest BCUT2D eigenvalue weighted by Gasteiger charge is 2.23. The van der Waals surface area contributed by atoms with E-state index in [9.17, 15) is 4.79 Å². The summed E-state index contributed by atoms with van der Waals surface area (Å²) in [6, 6.07) is 0.246. The molecule has 0 rings (SSSR count). The Balaban J connectivity index is 4.70. The van der Waals surface area contributed by atoms with Crippen LogP contribution in [-0.4, -0.2) is 53.1 Å². The Labute approximate surface area is 121 Å². The molecule has 0 aromatic heterocycles. The van der Waals surface area contributed by atoms with Crippen molar-refractivity contribution in [1.82, 2.24) is 9.80 Å². The van der Waals surface area contributed by atoms with E-state index in [4.69, 9.17) is 16.3 Å². The van der Waals surface area contributed by atoms with Crippen LogP contribution in [0.4, 0.5) is 4.79 Å². The number of rotatable bonds is 3. The summed E-state index contributed by atoms with van der Waals surface area (Å²) >= 11 is 6.10. The van der Waals surface area contributed by atoms with Crippen LogP contribution < -0.4 is 0 Å². The van der Waals surface area contributed by atoms with Gasteiger partial charge in [0.25, 0.3) is 0 Å². The molecule has 0 aliphatic rings. The Morgan fingerprint density at radius 3 is 2.00 bits per heavy atom. The van der Waals surface area contributed by atoms with Gasteiger partial charge in [-0.05, 0) is 53.1 Å². The van der Waals surface area contributed by atoms with Crippen LogP contribution in [0, 0.1) is 0 Å². The van der Waals surface area contributed by atoms with Crippen LogP contribution in [0.25, 0.3) is 0 Å². The van der Waals surface area contributed by atoms with Gasteiger partial charge in [0.15, 0.2) is 5.29 Å². The van der Waals surface area contributed by atoms with Gasteiger partial charge in [-0.25, -0.2) is 9.79 Å². The highest BCUT2D eigenvalue weighted by Crippen LogP contribution is 2.12. The van der Waals surface area contributed by atoms with Crippen molar-refractivity contribution in [1.29, 1.82) is 0 Å². The van der Waals surface area contributed by atoms with E-state index in [1.54, 1.807) is 14.0 Å². The number of hydrogen-bond acceptors (Lipinski definition) is 3. The molecule has 0 radical (unpaired) electrons. The maximum absolute atomic E-state index is 11.9. The van der Waals surface area contributed by atoms with Crippen LogP contribution in [-0.2, 0) is 4.74 Å². The second-order valence-corrected chi connectivity index (χ2v) is 6.16. The van der Waals surface area contributed by atoms with E-state index in [1.807, 2.05) is 46.6 Å². The monoisotopic (exact) mass is 291 g/mol. The predicted molar refractivity (Wildman–Crippen MR) is 79.6 cm³/mol. The molecule has 0 aliphatic carbocycles. The number of amidine groups is 1. The zero-order chi connectivity index (χ0) is 15.4. The maximum atomic E-state index is 11.9. The molecule has 0 N–H and O–H groups in total. The van der Waals surface area contributed by atoms with Crippen molar-refractivity contribution in [3.63, 3.8) is 0 Å². The van der Waals surface area contributed by atoms with Gasteiger partial charge in [0, 0.05) is 20.1 Å². The molecular formula is C13H26ClN3O2. The topological polar surface area (TPSA) is 45.1 Å². The zero-order valence-electron chi connectivity index (χ0n) is 13.2. The predicted octanol–water partition coefficient (Wildman–Crippen LogP) is 3.13. The molecule has 0 fully saturated rings. The van der Waals surface area contributed by atoms with E-state index in [0.29, 0.717) is 5.29 Å². The van der Waals surface area contributed by atoms with Crippen LogP contribution in [0.15, 0.2) is 4.99 Å². The lowest BCUT2D eigenvalue weighted by Gasteiger charge is -2.28. The van der Waals surface area contributed by atoms with E-state index < -0.39 is 11.7 Å². The van der Waals surface area contributed by atoms with Crippen molar-refractivity contribution in [3.8, 4) is 0 Å². The van der Waals surface area contributed by atoms with Crippen LogP contribution in [0.3, 0.4) is 0 Å². The van der Waals surface area contributed by atoms with Gasteiger partial charge >= 0.3 is 6.09 Å². The van der Waals surface area contributed by atoms with E-state index >= 15 is 0 Å². The lowest BCUT2D eigenvalue weighted by molar-refractivity contribution is 0.0242. The molecule has 0 heterocycles. The third-order valence-electron chi connectivity index (χ3n) is 2.60. The first-order chi connectivity index (χ1) is 8.45.